The summed E-state index contributed by atoms with van der Waals surface area (Å²) in [7, 11) is -3.80. The van der Waals surface area contributed by atoms with E-state index in [1.165, 1.54) is 36.0 Å². The van der Waals surface area contributed by atoms with E-state index in [-0.39, 0.29) is 10.8 Å². The predicted octanol–water partition coefficient (Wildman–Crippen LogP) is 3.66. The van der Waals surface area contributed by atoms with Crippen molar-refractivity contribution in [3.63, 3.8) is 0 Å². The van der Waals surface area contributed by atoms with E-state index in [1.807, 2.05) is 47.9 Å². The lowest BCUT2D eigenvalue weighted by atomic mass is 10.2. The summed E-state index contributed by atoms with van der Waals surface area (Å²) in [6.07, 6.45) is 1.61. The number of sulfonamides is 1. The quantitative estimate of drug-likeness (QED) is 0.355. The lowest BCUT2D eigenvalue weighted by Crippen LogP contribution is -2.23. The molecule has 0 bridgehead atoms. The van der Waals surface area contributed by atoms with Crippen LogP contribution in [0.25, 0.3) is 11.4 Å². The molecular weight excluding hydrogens is 474 g/mol. The Morgan fingerprint density at radius 2 is 1.82 bits per heavy atom. The number of nitrogens with one attached hydrogen (secondary N) is 1. The molecule has 11 heteroatoms. The summed E-state index contributed by atoms with van der Waals surface area (Å²) in [5.74, 6) is 1.12. The van der Waals surface area contributed by atoms with Crippen LogP contribution < -0.4 is 10.5 Å². The molecule has 34 heavy (non-hydrogen) atoms. The Hall–Kier alpha value is -3.41. The number of hydrogen-bond acceptors (Lipinski definition) is 7. The van der Waals surface area contributed by atoms with Crippen molar-refractivity contribution in [2.24, 2.45) is 5.14 Å². The van der Waals surface area contributed by atoms with Crippen LogP contribution in [0, 0.1) is 6.92 Å². The molecule has 2 heterocycles. The number of anilines is 1. The van der Waals surface area contributed by atoms with Crippen LogP contribution in [0.5, 0.6) is 0 Å². The highest BCUT2D eigenvalue weighted by Crippen LogP contribution is 2.30. The second-order valence-corrected chi connectivity index (χ2v) is 10.5. The SMILES string of the molecule is Cc1occc1-c1nnc(SC(C)C(=O)Nc2ccc(S(N)(=O)=O)cc2)n1Cc1ccccc1. The first-order chi connectivity index (χ1) is 16.2. The number of hydrogen-bond donors (Lipinski definition) is 2. The molecule has 1 unspecified atom stereocenters. The number of nitrogens with zero attached hydrogens (tertiary/aromatic N) is 3. The molecule has 1 atom stereocenters. The first kappa shape index (κ1) is 23.7. The molecule has 176 valence electrons. The number of thioether (sulfide) groups is 1. The largest absolute Gasteiger partial charge is 0.469 e. The summed E-state index contributed by atoms with van der Waals surface area (Å²) in [6.45, 7) is 4.16. The minimum atomic E-state index is -3.80. The van der Waals surface area contributed by atoms with Crippen molar-refractivity contribution in [3.05, 3.63) is 78.3 Å². The smallest absolute Gasteiger partial charge is 0.238 e. The van der Waals surface area contributed by atoms with E-state index in [0.29, 0.717) is 23.2 Å². The van der Waals surface area contributed by atoms with Gasteiger partial charge in [0, 0.05) is 5.69 Å². The number of carbonyl (C=O) groups excluding carboxylic acids is 1. The van der Waals surface area contributed by atoms with Crippen molar-refractivity contribution in [2.45, 2.75) is 35.7 Å². The Labute approximate surface area is 201 Å². The Bertz CT molecular complexity index is 1400. The van der Waals surface area contributed by atoms with Gasteiger partial charge in [-0.1, -0.05) is 42.1 Å². The molecular formula is C23H23N5O4S2. The van der Waals surface area contributed by atoms with E-state index < -0.39 is 15.3 Å². The highest BCUT2D eigenvalue weighted by Gasteiger charge is 2.22. The van der Waals surface area contributed by atoms with Crippen LogP contribution >= 0.6 is 11.8 Å². The van der Waals surface area contributed by atoms with Crippen LogP contribution in [0.1, 0.15) is 18.2 Å². The fourth-order valence-corrected chi connectivity index (χ4v) is 4.65. The minimum absolute atomic E-state index is 0.0241. The van der Waals surface area contributed by atoms with E-state index in [0.717, 1.165) is 16.9 Å². The summed E-state index contributed by atoms with van der Waals surface area (Å²) in [6, 6.07) is 17.4. The highest BCUT2D eigenvalue weighted by molar-refractivity contribution is 8.00. The van der Waals surface area contributed by atoms with Gasteiger partial charge in [0.25, 0.3) is 0 Å². The fourth-order valence-electron chi connectivity index (χ4n) is 3.28. The molecule has 0 saturated heterocycles. The second kappa shape index (κ2) is 9.84. The fraction of sp³-hybridized carbons (Fsp3) is 0.174. The zero-order valence-electron chi connectivity index (χ0n) is 18.5. The van der Waals surface area contributed by atoms with Crippen LogP contribution in [0.2, 0.25) is 0 Å². The molecule has 0 aliphatic heterocycles. The van der Waals surface area contributed by atoms with Gasteiger partial charge in [0.05, 0.1) is 28.5 Å². The summed E-state index contributed by atoms with van der Waals surface area (Å²) in [4.78, 5) is 12.8. The third-order valence-electron chi connectivity index (χ3n) is 5.10. The molecule has 1 amide bonds. The maximum Gasteiger partial charge on any atom is 0.238 e. The molecule has 0 spiro atoms. The van der Waals surface area contributed by atoms with E-state index >= 15 is 0 Å². The number of amides is 1. The van der Waals surface area contributed by atoms with Gasteiger partial charge in [-0.25, -0.2) is 13.6 Å². The average molecular weight is 498 g/mol. The second-order valence-electron chi connectivity index (χ2n) is 7.59. The first-order valence-corrected chi connectivity index (χ1v) is 12.8. The number of nitrogens with two attached hydrogens (primary N) is 1. The van der Waals surface area contributed by atoms with Crippen LogP contribution in [0.15, 0.2) is 81.4 Å². The lowest BCUT2D eigenvalue weighted by Gasteiger charge is -2.14. The first-order valence-electron chi connectivity index (χ1n) is 10.3. The lowest BCUT2D eigenvalue weighted by molar-refractivity contribution is -0.115. The Balaban J connectivity index is 1.55. The van der Waals surface area contributed by atoms with Gasteiger partial charge in [-0.3, -0.25) is 9.36 Å². The Morgan fingerprint density at radius 1 is 1.12 bits per heavy atom. The van der Waals surface area contributed by atoms with Crippen LogP contribution in [-0.2, 0) is 21.4 Å². The number of primary sulfonamides is 1. The van der Waals surface area contributed by atoms with Gasteiger partial charge in [0.1, 0.15) is 5.76 Å². The molecule has 9 nitrogen and oxygen atoms in total. The summed E-state index contributed by atoms with van der Waals surface area (Å²) >= 11 is 1.28. The third kappa shape index (κ3) is 5.38. The predicted molar refractivity (Wildman–Crippen MR) is 130 cm³/mol. The molecule has 0 radical (unpaired) electrons. The highest BCUT2D eigenvalue weighted by atomic mass is 32.2. The zero-order valence-corrected chi connectivity index (χ0v) is 20.1. The number of aromatic nitrogens is 3. The average Bonchev–Trinajstić information content (AvgIpc) is 3.40. The third-order valence-corrected chi connectivity index (χ3v) is 7.11. The monoisotopic (exact) mass is 497 g/mol. The van der Waals surface area contributed by atoms with Crippen molar-refractivity contribution < 1.29 is 17.6 Å². The van der Waals surface area contributed by atoms with Crippen molar-refractivity contribution in [2.75, 3.05) is 5.32 Å². The molecule has 0 fully saturated rings. The molecule has 2 aromatic carbocycles. The van der Waals surface area contributed by atoms with Gasteiger partial charge in [-0.05, 0) is 49.7 Å². The molecule has 0 saturated carbocycles. The minimum Gasteiger partial charge on any atom is -0.469 e. The van der Waals surface area contributed by atoms with E-state index in [4.69, 9.17) is 9.56 Å². The Morgan fingerprint density at radius 3 is 2.44 bits per heavy atom. The zero-order chi connectivity index (χ0) is 24.3. The van der Waals surface area contributed by atoms with Gasteiger partial charge in [-0.15, -0.1) is 10.2 Å². The van der Waals surface area contributed by atoms with Gasteiger partial charge in [0.15, 0.2) is 11.0 Å². The molecule has 2 aromatic heterocycles. The number of furan rings is 1. The van der Waals surface area contributed by atoms with Crippen molar-refractivity contribution in [1.82, 2.24) is 14.8 Å². The number of carbonyl (C=O) groups is 1. The van der Waals surface area contributed by atoms with Crippen molar-refractivity contribution in [1.29, 1.82) is 0 Å². The molecule has 0 aliphatic rings. The van der Waals surface area contributed by atoms with Gasteiger partial charge >= 0.3 is 0 Å². The van der Waals surface area contributed by atoms with Crippen LogP contribution in [-0.4, -0.2) is 34.3 Å². The van der Waals surface area contributed by atoms with Gasteiger partial charge in [0.2, 0.25) is 15.9 Å². The van der Waals surface area contributed by atoms with Crippen molar-refractivity contribution in [3.8, 4) is 11.4 Å². The molecule has 4 rings (SSSR count). The normalized spacial score (nSPS) is 12.4. The van der Waals surface area contributed by atoms with Crippen LogP contribution in [0.4, 0.5) is 5.69 Å². The number of rotatable bonds is 8. The maximum absolute atomic E-state index is 12.8. The number of benzene rings is 2. The molecule has 0 aliphatic carbocycles. The summed E-state index contributed by atoms with van der Waals surface area (Å²) in [5.41, 5.74) is 2.37. The number of aryl methyl sites for hydroxylation is 1. The van der Waals surface area contributed by atoms with E-state index in [2.05, 4.69) is 15.5 Å². The summed E-state index contributed by atoms with van der Waals surface area (Å²) in [5, 5.41) is 16.7. The topological polar surface area (TPSA) is 133 Å². The molecule has 3 N–H and O–H groups in total. The van der Waals surface area contributed by atoms with E-state index in [1.54, 1.807) is 13.2 Å². The van der Waals surface area contributed by atoms with E-state index in [9.17, 15) is 13.2 Å². The summed E-state index contributed by atoms with van der Waals surface area (Å²) < 4.78 is 30.2. The maximum atomic E-state index is 12.8. The standard InChI is InChI=1S/C23H23N5O4S2/c1-15-20(12-13-32-15)21-26-27-23(28(21)14-17-6-4-3-5-7-17)33-16(2)22(29)25-18-8-10-19(11-9-18)34(24,30)31/h3-13,16H,14H2,1-2H3,(H,25,29)(H2,24,30,31). The van der Waals surface area contributed by atoms with Crippen molar-refractivity contribution >= 4 is 33.4 Å². The Kier molecular flexibility index (Phi) is 6.87. The van der Waals surface area contributed by atoms with Crippen LogP contribution in [0.3, 0.4) is 0 Å². The van der Waals surface area contributed by atoms with Gasteiger partial charge in [-0.2, -0.15) is 0 Å². The molecule has 4 aromatic rings. The van der Waals surface area contributed by atoms with Gasteiger partial charge < -0.3 is 9.73 Å².